The number of anilines is 1. The zero-order valence-corrected chi connectivity index (χ0v) is 10.5. The third-order valence-corrected chi connectivity index (χ3v) is 3.09. The molecule has 2 N–H and O–H groups in total. The molecular formula is C11H7Cl2N5. The maximum atomic E-state index is 6.13. The van der Waals surface area contributed by atoms with Crippen molar-refractivity contribution in [2.24, 2.45) is 0 Å². The number of rotatable bonds is 1. The smallest absolute Gasteiger partial charge is 0.168 e. The Morgan fingerprint density at radius 3 is 2.83 bits per heavy atom. The zero-order chi connectivity index (χ0) is 12.7. The minimum atomic E-state index is 0.379. The number of nitrogens with two attached hydrogens (primary N) is 1. The van der Waals surface area contributed by atoms with Gasteiger partial charge >= 0.3 is 0 Å². The lowest BCUT2D eigenvalue weighted by atomic mass is 10.3. The van der Waals surface area contributed by atoms with Gasteiger partial charge in [-0.25, -0.2) is 14.6 Å². The molecule has 3 aromatic rings. The van der Waals surface area contributed by atoms with E-state index in [4.69, 9.17) is 28.9 Å². The Labute approximate surface area is 112 Å². The summed E-state index contributed by atoms with van der Waals surface area (Å²) in [6, 6.07) is 5.13. The normalized spacial score (nSPS) is 11.0. The van der Waals surface area contributed by atoms with E-state index in [0.717, 1.165) is 0 Å². The molecule has 7 heteroatoms. The van der Waals surface area contributed by atoms with Gasteiger partial charge in [-0.3, -0.25) is 0 Å². The van der Waals surface area contributed by atoms with Crippen LogP contribution in [0.2, 0.25) is 10.0 Å². The molecule has 0 saturated carbocycles. The van der Waals surface area contributed by atoms with E-state index in [1.165, 1.54) is 6.33 Å². The Balaban J connectivity index is 2.32. The van der Waals surface area contributed by atoms with Gasteiger partial charge in [0.15, 0.2) is 5.65 Å². The summed E-state index contributed by atoms with van der Waals surface area (Å²) in [5, 5.41) is 5.99. The molecular weight excluding hydrogens is 273 g/mol. The highest BCUT2D eigenvalue weighted by Gasteiger charge is 2.12. The van der Waals surface area contributed by atoms with Crippen molar-refractivity contribution in [2.45, 2.75) is 0 Å². The number of hydrogen-bond donors (Lipinski definition) is 1. The van der Waals surface area contributed by atoms with Gasteiger partial charge in [-0.2, -0.15) is 5.10 Å². The van der Waals surface area contributed by atoms with Crippen molar-refractivity contribution < 1.29 is 0 Å². The summed E-state index contributed by atoms with van der Waals surface area (Å²) < 4.78 is 1.58. The Kier molecular flexibility index (Phi) is 2.57. The lowest BCUT2D eigenvalue weighted by Crippen LogP contribution is -1.99. The standard InChI is InChI=1S/C11H7Cl2N5/c12-6-1-2-8(13)9(3-6)18-11-7(4-17-18)10(14)15-5-16-11/h1-5H,(H2,14,15,16). The van der Waals surface area contributed by atoms with E-state index in [1.54, 1.807) is 29.1 Å². The Morgan fingerprint density at radius 1 is 1.17 bits per heavy atom. The first kappa shape index (κ1) is 11.3. The summed E-state index contributed by atoms with van der Waals surface area (Å²) in [5.74, 6) is 0.379. The van der Waals surface area contributed by atoms with Crippen LogP contribution in [0.3, 0.4) is 0 Å². The van der Waals surface area contributed by atoms with Crippen LogP contribution < -0.4 is 5.73 Å². The molecule has 18 heavy (non-hydrogen) atoms. The highest BCUT2D eigenvalue weighted by molar-refractivity contribution is 6.34. The van der Waals surface area contributed by atoms with Crippen LogP contribution in [0.4, 0.5) is 5.82 Å². The van der Waals surface area contributed by atoms with E-state index in [9.17, 15) is 0 Å². The topological polar surface area (TPSA) is 69.6 Å². The highest BCUT2D eigenvalue weighted by atomic mass is 35.5. The van der Waals surface area contributed by atoms with Crippen LogP contribution in [0, 0.1) is 0 Å². The van der Waals surface area contributed by atoms with Gasteiger partial charge in [0.25, 0.3) is 0 Å². The fraction of sp³-hybridized carbons (Fsp3) is 0. The second kappa shape index (κ2) is 4.12. The third-order valence-electron chi connectivity index (χ3n) is 2.53. The van der Waals surface area contributed by atoms with E-state index in [2.05, 4.69) is 15.1 Å². The number of hydrogen-bond acceptors (Lipinski definition) is 4. The molecule has 0 bridgehead atoms. The Bertz CT molecular complexity index is 737. The summed E-state index contributed by atoms with van der Waals surface area (Å²) >= 11 is 12.1. The number of fused-ring (bicyclic) bond motifs is 1. The predicted octanol–water partition coefficient (Wildman–Crippen LogP) is 2.70. The first-order valence-corrected chi connectivity index (χ1v) is 5.82. The molecule has 5 nitrogen and oxygen atoms in total. The van der Waals surface area contributed by atoms with E-state index in [-0.39, 0.29) is 0 Å². The zero-order valence-electron chi connectivity index (χ0n) is 9.01. The second-order valence-corrected chi connectivity index (χ2v) is 4.49. The number of halogens is 2. The molecule has 0 aliphatic rings. The van der Waals surface area contributed by atoms with Crippen molar-refractivity contribution in [1.82, 2.24) is 19.7 Å². The van der Waals surface area contributed by atoms with Crippen LogP contribution in [-0.2, 0) is 0 Å². The van der Waals surface area contributed by atoms with Gasteiger partial charge in [-0.05, 0) is 18.2 Å². The lowest BCUT2D eigenvalue weighted by molar-refractivity contribution is 0.895. The van der Waals surface area contributed by atoms with E-state index >= 15 is 0 Å². The lowest BCUT2D eigenvalue weighted by Gasteiger charge is -2.05. The van der Waals surface area contributed by atoms with Crippen molar-refractivity contribution in [3.8, 4) is 5.69 Å². The van der Waals surface area contributed by atoms with Crippen molar-refractivity contribution in [2.75, 3.05) is 5.73 Å². The monoisotopic (exact) mass is 279 g/mol. The van der Waals surface area contributed by atoms with Crippen LogP contribution >= 0.6 is 23.2 Å². The quantitative estimate of drug-likeness (QED) is 0.744. The van der Waals surface area contributed by atoms with E-state index < -0.39 is 0 Å². The van der Waals surface area contributed by atoms with Gasteiger partial charge in [0.2, 0.25) is 0 Å². The largest absolute Gasteiger partial charge is 0.383 e. The number of nitrogens with zero attached hydrogens (tertiary/aromatic N) is 4. The van der Waals surface area contributed by atoms with Gasteiger partial charge in [0.05, 0.1) is 22.3 Å². The molecule has 1 aromatic carbocycles. The molecule has 2 aromatic heterocycles. The molecule has 0 saturated heterocycles. The molecule has 0 fully saturated rings. The molecule has 3 rings (SSSR count). The van der Waals surface area contributed by atoms with Crippen LogP contribution in [0.25, 0.3) is 16.7 Å². The second-order valence-electron chi connectivity index (χ2n) is 3.65. The first-order chi connectivity index (χ1) is 8.66. The van der Waals surface area contributed by atoms with E-state index in [1.807, 2.05) is 0 Å². The van der Waals surface area contributed by atoms with Crippen LogP contribution in [0.1, 0.15) is 0 Å². The summed E-state index contributed by atoms with van der Waals surface area (Å²) in [4.78, 5) is 8.07. The maximum Gasteiger partial charge on any atom is 0.168 e. The van der Waals surface area contributed by atoms with Crippen molar-refractivity contribution >= 4 is 40.1 Å². The fourth-order valence-electron chi connectivity index (χ4n) is 1.69. The number of nitrogen functional groups attached to an aromatic ring is 1. The van der Waals surface area contributed by atoms with Crippen molar-refractivity contribution in [3.05, 3.63) is 40.8 Å². The number of aromatic nitrogens is 4. The SMILES string of the molecule is Nc1ncnc2c1cnn2-c1cc(Cl)ccc1Cl. The molecule has 0 amide bonds. The summed E-state index contributed by atoms with van der Waals surface area (Å²) in [6.45, 7) is 0. The highest BCUT2D eigenvalue weighted by Crippen LogP contribution is 2.27. The molecule has 0 aliphatic carbocycles. The van der Waals surface area contributed by atoms with Gasteiger partial charge in [-0.1, -0.05) is 23.2 Å². The average molecular weight is 280 g/mol. The van der Waals surface area contributed by atoms with Gasteiger partial charge in [0, 0.05) is 5.02 Å². The average Bonchev–Trinajstić information content (AvgIpc) is 2.77. The number of benzene rings is 1. The maximum absolute atomic E-state index is 6.13. The van der Waals surface area contributed by atoms with Crippen LogP contribution in [0.15, 0.2) is 30.7 Å². The third kappa shape index (κ3) is 1.68. The van der Waals surface area contributed by atoms with Crippen molar-refractivity contribution in [1.29, 1.82) is 0 Å². The van der Waals surface area contributed by atoms with Crippen LogP contribution in [-0.4, -0.2) is 19.7 Å². The predicted molar refractivity (Wildman–Crippen MR) is 71.1 cm³/mol. The van der Waals surface area contributed by atoms with Gasteiger partial charge in [-0.15, -0.1) is 0 Å². The Morgan fingerprint density at radius 2 is 2.00 bits per heavy atom. The van der Waals surface area contributed by atoms with Crippen molar-refractivity contribution in [3.63, 3.8) is 0 Å². The summed E-state index contributed by atoms with van der Waals surface area (Å²) in [5.41, 5.74) is 6.99. The minimum Gasteiger partial charge on any atom is -0.383 e. The first-order valence-electron chi connectivity index (χ1n) is 5.06. The van der Waals surface area contributed by atoms with E-state index in [0.29, 0.717) is 32.6 Å². The van der Waals surface area contributed by atoms with Crippen LogP contribution in [0.5, 0.6) is 0 Å². The van der Waals surface area contributed by atoms with Gasteiger partial charge in [0.1, 0.15) is 12.1 Å². The molecule has 0 atom stereocenters. The minimum absolute atomic E-state index is 0.379. The molecule has 0 spiro atoms. The summed E-state index contributed by atoms with van der Waals surface area (Å²) in [6.07, 6.45) is 2.98. The molecule has 0 unspecified atom stereocenters. The molecule has 0 radical (unpaired) electrons. The molecule has 0 aliphatic heterocycles. The molecule has 90 valence electrons. The fourth-order valence-corrected chi connectivity index (χ4v) is 2.05. The Hall–Kier alpha value is -1.85. The van der Waals surface area contributed by atoms with Gasteiger partial charge < -0.3 is 5.73 Å². The summed E-state index contributed by atoms with van der Waals surface area (Å²) in [7, 11) is 0. The molecule has 2 heterocycles.